The van der Waals surface area contributed by atoms with Crippen LogP contribution in [0.3, 0.4) is 0 Å². The fourth-order valence-electron chi connectivity index (χ4n) is 4.69. The number of piperazine rings is 1. The Kier molecular flexibility index (Phi) is 5.49. The second kappa shape index (κ2) is 8.82. The summed E-state index contributed by atoms with van der Waals surface area (Å²) in [6, 6.07) is 21.0. The Hall–Kier alpha value is -3.71. The maximum atomic E-state index is 13.2. The summed E-state index contributed by atoms with van der Waals surface area (Å²) in [6.07, 6.45) is 3.10. The zero-order valence-corrected chi connectivity index (χ0v) is 20.3. The van der Waals surface area contributed by atoms with Gasteiger partial charge in [0.15, 0.2) is 4.96 Å². The van der Waals surface area contributed by atoms with Gasteiger partial charge in [0.1, 0.15) is 5.82 Å². The van der Waals surface area contributed by atoms with Crippen LogP contribution in [-0.4, -0.2) is 46.4 Å². The number of aryl methyl sites for hydroxylation is 1. The normalized spacial score (nSPS) is 14.2. The number of anilines is 1. The van der Waals surface area contributed by atoms with E-state index in [4.69, 9.17) is 4.98 Å². The third kappa shape index (κ3) is 4.06. The number of carbonyl (C=O) groups excluding carboxylic acids is 1. The fraction of sp³-hybridized carbons (Fsp3) is 0.214. The second-order valence-corrected chi connectivity index (χ2v) is 9.88. The molecule has 3 heterocycles. The van der Waals surface area contributed by atoms with Crippen molar-refractivity contribution < 1.29 is 9.18 Å². The first-order valence-corrected chi connectivity index (χ1v) is 12.7. The SMILES string of the molecule is CCc1ccc(-c2cn3c(n2)sc2cc(C(=O)N4CCN(c5ccc(F)cc5)CC4)ccc23)cc1. The fourth-order valence-corrected chi connectivity index (χ4v) is 5.73. The maximum absolute atomic E-state index is 13.2. The van der Waals surface area contributed by atoms with Gasteiger partial charge in [-0.15, -0.1) is 0 Å². The van der Waals surface area contributed by atoms with Crippen molar-refractivity contribution in [3.8, 4) is 11.3 Å². The third-order valence-corrected chi connectivity index (χ3v) is 7.78. The van der Waals surface area contributed by atoms with Crippen molar-refractivity contribution >= 4 is 38.1 Å². The zero-order chi connectivity index (χ0) is 23.9. The first-order valence-electron chi connectivity index (χ1n) is 11.9. The monoisotopic (exact) mass is 484 g/mol. The highest BCUT2D eigenvalue weighted by molar-refractivity contribution is 7.23. The number of amides is 1. The molecule has 0 aliphatic carbocycles. The Morgan fingerprint density at radius 3 is 2.43 bits per heavy atom. The summed E-state index contributed by atoms with van der Waals surface area (Å²) < 4.78 is 16.4. The van der Waals surface area contributed by atoms with Crippen molar-refractivity contribution in [2.75, 3.05) is 31.1 Å². The van der Waals surface area contributed by atoms with E-state index in [0.717, 1.165) is 51.6 Å². The van der Waals surface area contributed by atoms with Crippen LogP contribution in [0.1, 0.15) is 22.8 Å². The van der Waals surface area contributed by atoms with E-state index in [1.165, 1.54) is 17.7 Å². The van der Waals surface area contributed by atoms with Gasteiger partial charge in [0, 0.05) is 49.2 Å². The molecule has 1 fully saturated rings. The van der Waals surface area contributed by atoms with E-state index in [1.54, 1.807) is 23.5 Å². The van der Waals surface area contributed by atoms with Crippen molar-refractivity contribution in [2.24, 2.45) is 0 Å². The van der Waals surface area contributed by atoms with E-state index < -0.39 is 0 Å². The Labute approximate surface area is 207 Å². The highest BCUT2D eigenvalue weighted by Gasteiger charge is 2.23. The average molecular weight is 485 g/mol. The predicted molar refractivity (Wildman–Crippen MR) is 140 cm³/mol. The van der Waals surface area contributed by atoms with Crippen molar-refractivity contribution in [1.82, 2.24) is 14.3 Å². The third-order valence-electron chi connectivity index (χ3n) is 6.76. The topological polar surface area (TPSA) is 40.9 Å². The Bertz CT molecular complexity index is 1510. The van der Waals surface area contributed by atoms with E-state index in [1.807, 2.05) is 23.1 Å². The molecule has 0 bridgehead atoms. The molecule has 0 atom stereocenters. The van der Waals surface area contributed by atoms with Crippen LogP contribution < -0.4 is 4.90 Å². The number of hydrogen-bond donors (Lipinski definition) is 0. The zero-order valence-electron chi connectivity index (χ0n) is 19.4. The van der Waals surface area contributed by atoms with Crippen LogP contribution in [0.25, 0.3) is 26.4 Å². The molecule has 0 N–H and O–H groups in total. The number of thiazole rings is 1. The summed E-state index contributed by atoms with van der Waals surface area (Å²) in [5, 5.41) is 0. The van der Waals surface area contributed by atoms with E-state index >= 15 is 0 Å². The maximum Gasteiger partial charge on any atom is 0.254 e. The Balaban J connectivity index is 1.19. The van der Waals surface area contributed by atoms with Gasteiger partial charge in [0.2, 0.25) is 0 Å². The molecule has 35 heavy (non-hydrogen) atoms. The number of nitrogens with zero attached hydrogens (tertiary/aromatic N) is 4. The second-order valence-electron chi connectivity index (χ2n) is 8.87. The van der Waals surface area contributed by atoms with E-state index in [0.29, 0.717) is 18.7 Å². The van der Waals surface area contributed by atoms with Crippen LogP contribution in [-0.2, 0) is 6.42 Å². The molecular formula is C28H25FN4OS. The molecule has 1 saturated heterocycles. The number of halogens is 1. The lowest BCUT2D eigenvalue weighted by atomic mass is 10.1. The van der Waals surface area contributed by atoms with Gasteiger partial charge in [-0.2, -0.15) is 0 Å². The molecular weight excluding hydrogens is 459 g/mol. The van der Waals surface area contributed by atoms with Gasteiger partial charge in [-0.3, -0.25) is 9.20 Å². The molecule has 0 radical (unpaired) electrons. The van der Waals surface area contributed by atoms with Crippen LogP contribution in [0.4, 0.5) is 10.1 Å². The molecule has 0 saturated carbocycles. The lowest BCUT2D eigenvalue weighted by molar-refractivity contribution is 0.0747. The van der Waals surface area contributed by atoms with Crippen LogP contribution in [0.5, 0.6) is 0 Å². The molecule has 0 unspecified atom stereocenters. The van der Waals surface area contributed by atoms with Crippen LogP contribution in [0.2, 0.25) is 0 Å². The van der Waals surface area contributed by atoms with Crippen LogP contribution in [0.15, 0.2) is 72.9 Å². The first-order chi connectivity index (χ1) is 17.1. The van der Waals surface area contributed by atoms with Crippen molar-refractivity contribution in [3.63, 3.8) is 0 Å². The van der Waals surface area contributed by atoms with Gasteiger partial charge in [-0.25, -0.2) is 9.37 Å². The standard InChI is InChI=1S/C28H25FN4OS/c1-2-19-3-5-20(6-4-19)24-18-33-25-12-7-21(17-26(25)35-28(33)30-24)27(34)32-15-13-31(14-16-32)23-10-8-22(29)9-11-23/h3-12,17-18H,2,13-16H2,1H3. The first kappa shape index (κ1) is 21.8. The number of imidazole rings is 1. The van der Waals surface area contributed by atoms with Gasteiger partial charge >= 0.3 is 0 Å². The predicted octanol–water partition coefficient (Wildman–Crippen LogP) is 5.88. The molecule has 3 aromatic carbocycles. The van der Waals surface area contributed by atoms with E-state index in [2.05, 4.69) is 46.7 Å². The molecule has 1 aliphatic rings. The summed E-state index contributed by atoms with van der Waals surface area (Å²) >= 11 is 1.60. The summed E-state index contributed by atoms with van der Waals surface area (Å²) in [6.45, 7) is 4.90. The number of fused-ring (bicyclic) bond motifs is 3. The van der Waals surface area contributed by atoms with Gasteiger partial charge in [0.05, 0.1) is 15.9 Å². The minimum absolute atomic E-state index is 0.0494. The van der Waals surface area contributed by atoms with E-state index in [9.17, 15) is 9.18 Å². The van der Waals surface area contributed by atoms with Gasteiger partial charge in [-0.1, -0.05) is 42.5 Å². The van der Waals surface area contributed by atoms with E-state index in [-0.39, 0.29) is 11.7 Å². The molecule has 6 rings (SSSR count). The molecule has 7 heteroatoms. The number of rotatable bonds is 4. The molecule has 5 nitrogen and oxygen atoms in total. The highest BCUT2D eigenvalue weighted by Crippen LogP contribution is 2.31. The van der Waals surface area contributed by atoms with Crippen molar-refractivity contribution in [3.05, 3.63) is 89.9 Å². The summed E-state index contributed by atoms with van der Waals surface area (Å²) in [4.78, 5) is 23.1. The lowest BCUT2D eigenvalue weighted by Gasteiger charge is -2.36. The number of benzene rings is 3. The number of aromatic nitrogens is 2. The summed E-state index contributed by atoms with van der Waals surface area (Å²) in [5.74, 6) is -0.186. The average Bonchev–Trinajstić information content (AvgIpc) is 3.47. The smallest absolute Gasteiger partial charge is 0.254 e. The Morgan fingerprint density at radius 2 is 1.71 bits per heavy atom. The molecule has 1 amide bonds. The largest absolute Gasteiger partial charge is 0.368 e. The quantitative estimate of drug-likeness (QED) is 0.320. The molecule has 1 aliphatic heterocycles. The van der Waals surface area contributed by atoms with Crippen LogP contribution in [0, 0.1) is 5.82 Å². The van der Waals surface area contributed by atoms with Crippen molar-refractivity contribution in [2.45, 2.75) is 13.3 Å². The minimum Gasteiger partial charge on any atom is -0.368 e. The number of hydrogen-bond acceptors (Lipinski definition) is 4. The molecule has 176 valence electrons. The van der Waals surface area contributed by atoms with Gasteiger partial charge in [-0.05, 0) is 54.4 Å². The molecule has 0 spiro atoms. The lowest BCUT2D eigenvalue weighted by Crippen LogP contribution is -2.48. The number of carbonyl (C=O) groups is 1. The highest BCUT2D eigenvalue weighted by atomic mass is 32.1. The molecule has 2 aromatic heterocycles. The Morgan fingerprint density at radius 1 is 0.971 bits per heavy atom. The molecule has 5 aromatic rings. The van der Waals surface area contributed by atoms with Gasteiger partial charge in [0.25, 0.3) is 5.91 Å². The van der Waals surface area contributed by atoms with Crippen LogP contribution >= 0.6 is 11.3 Å². The minimum atomic E-state index is -0.235. The summed E-state index contributed by atoms with van der Waals surface area (Å²) in [7, 11) is 0. The van der Waals surface area contributed by atoms with Gasteiger partial charge < -0.3 is 9.80 Å². The summed E-state index contributed by atoms with van der Waals surface area (Å²) in [5.41, 5.74) is 6.13. The van der Waals surface area contributed by atoms with Crippen molar-refractivity contribution in [1.29, 1.82) is 0 Å².